The van der Waals surface area contributed by atoms with Crippen LogP contribution in [0.15, 0.2) is 0 Å². The maximum absolute atomic E-state index is 9.95. The normalized spacial score (nSPS) is 36.7. The Morgan fingerprint density at radius 3 is 2.67 bits per heavy atom. The fourth-order valence-electron chi connectivity index (χ4n) is 2.18. The summed E-state index contributed by atoms with van der Waals surface area (Å²) in [6, 6.07) is 0. The van der Waals surface area contributed by atoms with Crippen molar-refractivity contribution in [2.75, 3.05) is 32.9 Å². The molecule has 4 unspecified atom stereocenters. The van der Waals surface area contributed by atoms with E-state index < -0.39 is 18.3 Å². The number of aliphatic hydroxyl groups is 2. The van der Waals surface area contributed by atoms with Crippen LogP contribution in [0.1, 0.15) is 6.92 Å². The molecule has 0 aromatic rings. The van der Waals surface area contributed by atoms with Gasteiger partial charge in [-0.1, -0.05) is 0 Å². The van der Waals surface area contributed by atoms with E-state index in [0.717, 1.165) is 0 Å². The van der Waals surface area contributed by atoms with Gasteiger partial charge in [-0.25, -0.2) is 0 Å². The van der Waals surface area contributed by atoms with Gasteiger partial charge < -0.3 is 29.3 Å². The predicted molar refractivity (Wildman–Crippen MR) is 67.3 cm³/mol. The van der Waals surface area contributed by atoms with Gasteiger partial charge in [-0.3, -0.25) is 0 Å². The summed E-state index contributed by atoms with van der Waals surface area (Å²) in [7, 11) is 0. The Bertz CT molecular complexity index is 297. The first-order chi connectivity index (χ1) is 8.63. The molecule has 2 aliphatic heterocycles. The second-order valence-electron chi connectivity index (χ2n) is 4.50. The number of aliphatic hydroxyl groups excluding tert-OH is 2. The number of thiocarbonyl (C=S) groups is 1. The summed E-state index contributed by atoms with van der Waals surface area (Å²) in [6.45, 7) is 4.21. The Balaban J connectivity index is 1.90. The quantitative estimate of drug-likeness (QED) is 0.636. The smallest absolute Gasteiger partial charge is 0.259 e. The van der Waals surface area contributed by atoms with Gasteiger partial charge >= 0.3 is 0 Å². The van der Waals surface area contributed by atoms with Crippen molar-refractivity contribution in [3.8, 4) is 0 Å². The zero-order valence-corrected chi connectivity index (χ0v) is 11.1. The van der Waals surface area contributed by atoms with Gasteiger partial charge in [0.1, 0.15) is 12.2 Å². The van der Waals surface area contributed by atoms with Gasteiger partial charge in [0.2, 0.25) is 0 Å². The zero-order chi connectivity index (χ0) is 13.1. The Morgan fingerprint density at radius 1 is 1.44 bits per heavy atom. The van der Waals surface area contributed by atoms with Crippen molar-refractivity contribution in [3.63, 3.8) is 0 Å². The summed E-state index contributed by atoms with van der Waals surface area (Å²) in [5.41, 5.74) is 0. The van der Waals surface area contributed by atoms with E-state index in [2.05, 4.69) is 0 Å². The van der Waals surface area contributed by atoms with Crippen molar-refractivity contribution in [3.05, 3.63) is 0 Å². The first-order valence-corrected chi connectivity index (χ1v) is 6.52. The van der Waals surface area contributed by atoms with Crippen LogP contribution in [0, 0.1) is 0 Å². The third-order valence-electron chi connectivity index (χ3n) is 3.26. The number of ether oxygens (including phenoxy) is 3. The molecule has 0 aliphatic carbocycles. The fourth-order valence-corrected chi connectivity index (χ4v) is 2.47. The highest BCUT2D eigenvalue weighted by atomic mass is 32.1. The van der Waals surface area contributed by atoms with Gasteiger partial charge in [-0.15, -0.1) is 0 Å². The van der Waals surface area contributed by atoms with Crippen molar-refractivity contribution in [2.24, 2.45) is 0 Å². The summed E-state index contributed by atoms with van der Waals surface area (Å²) in [5.74, 6) is 0. The van der Waals surface area contributed by atoms with Crippen molar-refractivity contribution in [1.82, 2.24) is 4.90 Å². The first-order valence-electron chi connectivity index (χ1n) is 6.11. The van der Waals surface area contributed by atoms with E-state index >= 15 is 0 Å². The topological polar surface area (TPSA) is 71.4 Å². The summed E-state index contributed by atoms with van der Waals surface area (Å²) in [6.07, 6.45) is -2.28. The van der Waals surface area contributed by atoms with Crippen LogP contribution in [-0.4, -0.2) is 77.6 Å². The standard InChI is InChI=1S/C11H19NO5S/c1-7-10(9(14)8(6-13)16-7)17-11(18)12-2-4-15-5-3-12/h7-10,13-14H,2-6H2,1H3. The molecule has 2 N–H and O–H groups in total. The molecule has 0 saturated carbocycles. The number of hydrogen-bond donors (Lipinski definition) is 2. The largest absolute Gasteiger partial charge is 0.462 e. The lowest BCUT2D eigenvalue weighted by atomic mass is 10.1. The Kier molecular flexibility index (Phi) is 4.74. The van der Waals surface area contributed by atoms with E-state index in [1.165, 1.54) is 0 Å². The zero-order valence-electron chi connectivity index (χ0n) is 10.3. The van der Waals surface area contributed by atoms with Crippen LogP contribution in [0.5, 0.6) is 0 Å². The minimum atomic E-state index is -0.857. The lowest BCUT2D eigenvalue weighted by molar-refractivity contribution is -0.0172. The molecule has 7 heteroatoms. The van der Waals surface area contributed by atoms with Crippen LogP contribution in [0.2, 0.25) is 0 Å². The Labute approximate surface area is 111 Å². The van der Waals surface area contributed by atoms with Gasteiger partial charge in [0.15, 0.2) is 6.10 Å². The summed E-state index contributed by atoms with van der Waals surface area (Å²) in [5, 5.41) is 19.4. The van der Waals surface area contributed by atoms with Crippen LogP contribution >= 0.6 is 12.2 Å². The number of morpholine rings is 1. The van der Waals surface area contributed by atoms with Crippen molar-refractivity contribution in [2.45, 2.75) is 31.3 Å². The molecule has 104 valence electrons. The molecule has 0 aromatic carbocycles. The van der Waals surface area contributed by atoms with E-state index in [1.807, 2.05) is 4.90 Å². The highest BCUT2D eigenvalue weighted by molar-refractivity contribution is 7.80. The molecule has 2 aliphatic rings. The Morgan fingerprint density at radius 2 is 2.11 bits per heavy atom. The predicted octanol–water partition coefficient (Wildman–Crippen LogP) is -0.871. The molecule has 2 fully saturated rings. The molecule has 0 spiro atoms. The maximum atomic E-state index is 9.95. The molecule has 0 radical (unpaired) electrons. The third kappa shape index (κ3) is 2.92. The average molecular weight is 277 g/mol. The van der Waals surface area contributed by atoms with E-state index in [0.29, 0.717) is 31.5 Å². The summed E-state index contributed by atoms with van der Waals surface area (Å²) >= 11 is 5.21. The van der Waals surface area contributed by atoms with Crippen molar-refractivity contribution in [1.29, 1.82) is 0 Å². The minimum Gasteiger partial charge on any atom is -0.462 e. The van der Waals surface area contributed by atoms with Crippen LogP contribution < -0.4 is 0 Å². The Hall–Kier alpha value is -0.470. The van der Waals surface area contributed by atoms with Crippen LogP contribution in [0.4, 0.5) is 0 Å². The van der Waals surface area contributed by atoms with Crippen LogP contribution in [-0.2, 0) is 14.2 Å². The number of nitrogens with zero attached hydrogens (tertiary/aromatic N) is 1. The lowest BCUT2D eigenvalue weighted by Gasteiger charge is -2.31. The molecule has 2 rings (SSSR count). The van der Waals surface area contributed by atoms with Gasteiger partial charge in [-0.05, 0) is 19.1 Å². The van der Waals surface area contributed by atoms with Gasteiger partial charge in [0.25, 0.3) is 5.17 Å². The molecule has 2 heterocycles. The second kappa shape index (κ2) is 6.12. The van der Waals surface area contributed by atoms with E-state index in [1.54, 1.807) is 6.92 Å². The van der Waals surface area contributed by atoms with E-state index in [4.69, 9.17) is 31.5 Å². The highest BCUT2D eigenvalue weighted by Gasteiger charge is 2.43. The molecule has 18 heavy (non-hydrogen) atoms. The molecular weight excluding hydrogens is 258 g/mol. The minimum absolute atomic E-state index is 0.227. The van der Waals surface area contributed by atoms with Gasteiger partial charge in [0, 0.05) is 13.1 Å². The summed E-state index contributed by atoms with van der Waals surface area (Å²) < 4.78 is 16.3. The number of hydrogen-bond acceptors (Lipinski definition) is 6. The third-order valence-corrected chi connectivity index (χ3v) is 3.61. The van der Waals surface area contributed by atoms with Gasteiger partial charge in [-0.2, -0.15) is 0 Å². The van der Waals surface area contributed by atoms with E-state index in [-0.39, 0.29) is 12.7 Å². The highest BCUT2D eigenvalue weighted by Crippen LogP contribution is 2.24. The van der Waals surface area contributed by atoms with Crippen molar-refractivity contribution < 1.29 is 24.4 Å². The lowest BCUT2D eigenvalue weighted by Crippen LogP contribution is -2.45. The van der Waals surface area contributed by atoms with E-state index in [9.17, 15) is 5.11 Å². The molecule has 0 bridgehead atoms. The van der Waals surface area contributed by atoms with Crippen LogP contribution in [0.25, 0.3) is 0 Å². The van der Waals surface area contributed by atoms with Crippen molar-refractivity contribution >= 4 is 17.4 Å². The molecule has 4 atom stereocenters. The fraction of sp³-hybridized carbons (Fsp3) is 0.909. The maximum Gasteiger partial charge on any atom is 0.259 e. The molecule has 0 amide bonds. The SMILES string of the molecule is CC1OC(CO)C(O)C1OC(=S)N1CCOCC1. The average Bonchev–Trinajstić information content (AvgIpc) is 2.67. The molecule has 2 saturated heterocycles. The first kappa shape index (κ1) is 14.0. The van der Waals surface area contributed by atoms with Crippen LogP contribution in [0.3, 0.4) is 0 Å². The molecule has 0 aromatic heterocycles. The summed E-state index contributed by atoms with van der Waals surface area (Å²) in [4.78, 5) is 1.91. The molecular formula is C11H19NO5S. The monoisotopic (exact) mass is 277 g/mol. The number of rotatable bonds is 2. The molecule has 6 nitrogen and oxygen atoms in total. The van der Waals surface area contributed by atoms with Gasteiger partial charge in [0.05, 0.1) is 25.9 Å². The second-order valence-corrected chi connectivity index (χ2v) is 4.85.